The van der Waals surface area contributed by atoms with Crippen LogP contribution in [0.1, 0.15) is 12.8 Å². The number of hydrogen-bond acceptors (Lipinski definition) is 4. The summed E-state index contributed by atoms with van der Waals surface area (Å²) in [6.45, 7) is 0.724. The average Bonchev–Trinajstić information content (AvgIpc) is 2.59. The van der Waals surface area contributed by atoms with E-state index in [1.54, 1.807) is 0 Å². The Morgan fingerprint density at radius 1 is 1.27 bits per heavy atom. The second kappa shape index (κ2) is 7.94. The third kappa shape index (κ3) is 4.96. The number of sulfonamides is 1. The number of carbonyl (C=O) groups excluding carboxylic acids is 1. The topological polar surface area (TPSA) is 75.7 Å². The molecule has 140 valence electrons. The zero-order chi connectivity index (χ0) is 18.7. The van der Waals surface area contributed by atoms with Crippen LogP contribution in [0.3, 0.4) is 0 Å². The van der Waals surface area contributed by atoms with Gasteiger partial charge in [-0.3, -0.25) is 4.79 Å². The minimum atomic E-state index is -3.23. The Labute approximate surface area is 161 Å². The highest BCUT2D eigenvalue weighted by atomic mass is 79.9. The zero-order valence-electron chi connectivity index (χ0n) is 14.4. The monoisotopic (exact) mass is 440 g/mol. The average molecular weight is 441 g/mol. The van der Waals surface area contributed by atoms with E-state index in [-0.39, 0.29) is 18.6 Å². The summed E-state index contributed by atoms with van der Waals surface area (Å²) in [5, 5.41) is 4.97. The molecule has 1 aliphatic heterocycles. The highest BCUT2D eigenvalue weighted by Crippen LogP contribution is 2.24. The number of amides is 1. The number of benzene rings is 2. The summed E-state index contributed by atoms with van der Waals surface area (Å²) < 4.78 is 31.3. The van der Waals surface area contributed by atoms with Gasteiger partial charge < -0.3 is 10.1 Å². The minimum Gasteiger partial charge on any atom is -0.484 e. The highest BCUT2D eigenvalue weighted by Gasteiger charge is 2.26. The number of rotatable bonds is 5. The molecule has 26 heavy (non-hydrogen) atoms. The van der Waals surface area contributed by atoms with Gasteiger partial charge in [0.15, 0.2) is 6.61 Å². The number of piperidine rings is 1. The van der Waals surface area contributed by atoms with Crippen molar-refractivity contribution in [1.82, 2.24) is 9.62 Å². The normalized spacial score (nSPS) is 18.6. The molecule has 1 aliphatic rings. The third-order valence-corrected chi connectivity index (χ3v) is 6.12. The van der Waals surface area contributed by atoms with Crippen molar-refractivity contribution in [1.29, 1.82) is 0 Å². The van der Waals surface area contributed by atoms with Crippen molar-refractivity contribution in [3.63, 3.8) is 0 Å². The molecule has 2 aromatic rings. The zero-order valence-corrected chi connectivity index (χ0v) is 16.8. The smallest absolute Gasteiger partial charge is 0.258 e. The first kappa shape index (κ1) is 19.1. The van der Waals surface area contributed by atoms with Crippen molar-refractivity contribution in [2.45, 2.75) is 18.9 Å². The predicted octanol–water partition coefficient (Wildman–Crippen LogP) is 2.52. The predicted molar refractivity (Wildman–Crippen MR) is 105 cm³/mol. The molecule has 0 aromatic heterocycles. The van der Waals surface area contributed by atoms with Gasteiger partial charge in [-0.05, 0) is 47.9 Å². The van der Waals surface area contributed by atoms with Crippen LogP contribution in [0.2, 0.25) is 0 Å². The lowest BCUT2D eigenvalue weighted by Gasteiger charge is -2.31. The van der Waals surface area contributed by atoms with E-state index in [2.05, 4.69) is 21.2 Å². The molecular weight excluding hydrogens is 420 g/mol. The van der Waals surface area contributed by atoms with Crippen molar-refractivity contribution in [2.24, 2.45) is 0 Å². The van der Waals surface area contributed by atoms with E-state index >= 15 is 0 Å². The molecule has 3 rings (SSSR count). The number of fused-ring (bicyclic) bond motifs is 1. The fourth-order valence-corrected chi connectivity index (χ4v) is 4.35. The minimum absolute atomic E-state index is 0.0998. The van der Waals surface area contributed by atoms with Crippen molar-refractivity contribution in [3.05, 3.63) is 40.9 Å². The van der Waals surface area contributed by atoms with E-state index in [1.165, 1.54) is 10.6 Å². The van der Waals surface area contributed by atoms with Gasteiger partial charge in [0.1, 0.15) is 5.75 Å². The lowest BCUT2D eigenvalue weighted by atomic mass is 10.1. The molecule has 0 spiro atoms. The number of hydrogen-bond donors (Lipinski definition) is 1. The van der Waals surface area contributed by atoms with Gasteiger partial charge in [-0.2, -0.15) is 0 Å². The van der Waals surface area contributed by atoms with Crippen LogP contribution in [-0.4, -0.2) is 50.6 Å². The maximum atomic E-state index is 12.1. The van der Waals surface area contributed by atoms with Crippen molar-refractivity contribution in [3.8, 4) is 5.75 Å². The summed E-state index contributed by atoms with van der Waals surface area (Å²) in [6, 6.07) is 11.4. The standard InChI is InChI=1S/C18H21BrN2O4S/c1-26(23,24)21-8-2-3-16(11-21)20-18(22)12-25-17-7-5-13-9-15(19)6-4-14(13)10-17/h4-7,9-10,16H,2-3,8,11-12H2,1H3,(H,20,22)/t16-/m1/s1. The summed E-state index contributed by atoms with van der Waals surface area (Å²) >= 11 is 3.44. The highest BCUT2D eigenvalue weighted by molar-refractivity contribution is 9.10. The molecule has 1 N–H and O–H groups in total. The fourth-order valence-electron chi connectivity index (χ4n) is 3.06. The molecule has 6 nitrogen and oxygen atoms in total. The van der Waals surface area contributed by atoms with E-state index in [1.807, 2.05) is 36.4 Å². The summed E-state index contributed by atoms with van der Waals surface area (Å²) in [7, 11) is -3.23. The molecule has 0 saturated carbocycles. The summed E-state index contributed by atoms with van der Waals surface area (Å²) in [4.78, 5) is 12.1. The van der Waals surface area contributed by atoms with Gasteiger partial charge in [0.2, 0.25) is 10.0 Å². The van der Waals surface area contributed by atoms with Crippen LogP contribution < -0.4 is 10.1 Å². The molecule has 8 heteroatoms. The van der Waals surface area contributed by atoms with Gasteiger partial charge in [-0.15, -0.1) is 0 Å². The maximum absolute atomic E-state index is 12.1. The first-order chi connectivity index (χ1) is 12.3. The van der Waals surface area contributed by atoms with Gasteiger partial charge >= 0.3 is 0 Å². The van der Waals surface area contributed by atoms with Gasteiger partial charge in [-0.1, -0.05) is 28.1 Å². The van der Waals surface area contributed by atoms with Crippen LogP contribution in [0.4, 0.5) is 0 Å². The number of carbonyl (C=O) groups is 1. The molecule has 0 unspecified atom stereocenters. The molecule has 1 fully saturated rings. The van der Waals surface area contributed by atoms with E-state index in [4.69, 9.17) is 4.74 Å². The number of ether oxygens (including phenoxy) is 1. The van der Waals surface area contributed by atoms with Gasteiger partial charge in [0.25, 0.3) is 5.91 Å². The lowest BCUT2D eigenvalue weighted by Crippen LogP contribution is -2.50. The Kier molecular flexibility index (Phi) is 5.84. The van der Waals surface area contributed by atoms with Crippen LogP contribution in [0.5, 0.6) is 5.75 Å². The lowest BCUT2D eigenvalue weighted by molar-refractivity contribution is -0.124. The van der Waals surface area contributed by atoms with Gasteiger partial charge in [-0.25, -0.2) is 12.7 Å². The Morgan fingerprint density at radius 2 is 2.00 bits per heavy atom. The molecule has 1 atom stereocenters. The maximum Gasteiger partial charge on any atom is 0.258 e. The first-order valence-electron chi connectivity index (χ1n) is 8.38. The van der Waals surface area contributed by atoms with Crippen LogP contribution >= 0.6 is 15.9 Å². The van der Waals surface area contributed by atoms with Crippen LogP contribution in [0.15, 0.2) is 40.9 Å². The molecule has 1 saturated heterocycles. The van der Waals surface area contributed by atoms with Gasteiger partial charge in [0, 0.05) is 23.6 Å². The summed E-state index contributed by atoms with van der Waals surface area (Å²) in [6.07, 6.45) is 2.69. The van der Waals surface area contributed by atoms with Crippen LogP contribution in [-0.2, 0) is 14.8 Å². The Balaban J connectivity index is 1.55. The second-order valence-electron chi connectivity index (χ2n) is 6.47. The largest absolute Gasteiger partial charge is 0.484 e. The molecular formula is C18H21BrN2O4S. The van der Waals surface area contributed by atoms with E-state index in [0.29, 0.717) is 18.8 Å². The number of halogens is 1. The second-order valence-corrected chi connectivity index (χ2v) is 9.37. The van der Waals surface area contributed by atoms with Crippen LogP contribution in [0, 0.1) is 0 Å². The van der Waals surface area contributed by atoms with Gasteiger partial charge in [0.05, 0.1) is 6.26 Å². The van der Waals surface area contributed by atoms with Crippen molar-refractivity contribution >= 4 is 42.6 Å². The molecule has 1 amide bonds. The van der Waals surface area contributed by atoms with Crippen LogP contribution in [0.25, 0.3) is 10.8 Å². The first-order valence-corrected chi connectivity index (χ1v) is 11.0. The summed E-state index contributed by atoms with van der Waals surface area (Å²) in [5.41, 5.74) is 0. The van der Waals surface area contributed by atoms with Crippen molar-refractivity contribution in [2.75, 3.05) is 26.0 Å². The Bertz CT molecular complexity index is 917. The Hall–Kier alpha value is -1.64. The fraction of sp³-hybridized carbons (Fsp3) is 0.389. The molecule has 0 bridgehead atoms. The Morgan fingerprint density at radius 3 is 2.77 bits per heavy atom. The molecule has 2 aromatic carbocycles. The molecule has 0 aliphatic carbocycles. The molecule has 1 heterocycles. The van der Waals surface area contributed by atoms with Crippen molar-refractivity contribution < 1.29 is 17.9 Å². The van der Waals surface area contributed by atoms with E-state index in [9.17, 15) is 13.2 Å². The molecule has 0 radical (unpaired) electrons. The number of nitrogens with zero attached hydrogens (tertiary/aromatic N) is 1. The third-order valence-electron chi connectivity index (χ3n) is 4.36. The van der Waals surface area contributed by atoms with E-state index in [0.717, 1.165) is 28.1 Å². The summed E-state index contributed by atoms with van der Waals surface area (Å²) in [5.74, 6) is 0.373. The number of nitrogens with one attached hydrogen (secondary N) is 1. The quantitative estimate of drug-likeness (QED) is 0.774. The SMILES string of the molecule is CS(=O)(=O)N1CCC[C@@H](NC(=O)COc2ccc3cc(Br)ccc3c2)C1. The van der Waals surface area contributed by atoms with E-state index < -0.39 is 10.0 Å².